The minimum absolute atomic E-state index is 0. The van der Waals surface area contributed by atoms with E-state index in [0.717, 1.165) is 6.42 Å². The fourth-order valence-electron chi connectivity index (χ4n) is 4.89. The maximum atomic E-state index is 11.5. The van der Waals surface area contributed by atoms with Gasteiger partial charge in [-0.2, -0.15) is 0 Å². The van der Waals surface area contributed by atoms with Crippen LogP contribution in [0.15, 0.2) is 237 Å². The first kappa shape index (κ1) is 94.6. The summed E-state index contributed by atoms with van der Waals surface area (Å²) in [4.78, 5) is 11.0. The highest BCUT2D eigenvalue weighted by Gasteiger charge is 2.23. The first-order valence-electron chi connectivity index (χ1n) is 27.8. The van der Waals surface area contributed by atoms with Crippen molar-refractivity contribution in [2.24, 2.45) is 0 Å². The molecule has 0 N–H and O–H groups in total. The summed E-state index contributed by atoms with van der Waals surface area (Å²) in [5.41, 5.74) is 0.428. The SMILES string of the molecule is C.CC.CC.CC.CC.CC.CCC[P+](=O)Oc1ccccc1.COC(=O)c1ccc(OP=O)cc1.CP=O.O=POc1ccccc1.O=POc1ccccc1.O=POc1ccccc1.O=POc1ccccc1.O=[P+](Oc1ccccc1)Oc1ccccc1. The molecule has 492 valence electrons. The average molecular weight is 1400 g/mol. The molecule has 0 aliphatic carbocycles. The minimum atomic E-state index is -2.18. The maximum absolute atomic E-state index is 11.5. The topological polar surface area (TPSA) is 237 Å². The van der Waals surface area contributed by atoms with Crippen molar-refractivity contribution in [3.8, 4) is 46.0 Å². The standard InChI is InChI=1S/C12H10O3P.C9H12O2P.C8H7O4P.4C6H5O2P.5C2H6.CH3OP.CH4/c13-16(14-11-7-3-1-4-8-11)15-12-9-5-2-6-10-12;1-2-8-12(10)11-9-6-4-3-5-7-9;1-11-8(9)6-2-4-7(5-3-6)12-13-10;4*7-9-8-6-4-2-1-3-5-6;5*1-2;1-3-2;/h1-10H;3-7H,2,8H2,1H3;2-5H,1H3;4*1-5H;5*1-2H3;1H3;1H4/q2*+1;;;;;;;;;;;;. The number of methoxy groups -OCH3 is 1. The molecule has 1 atom stereocenters. The second-order valence-corrected chi connectivity index (χ2v) is 17.9. The van der Waals surface area contributed by atoms with Gasteiger partial charge in [0.25, 0.3) is 0 Å². The van der Waals surface area contributed by atoms with Gasteiger partial charge in [0.05, 0.1) is 12.7 Å². The van der Waals surface area contributed by atoms with Gasteiger partial charge in [-0.3, -0.25) is 9.09 Å². The first-order chi connectivity index (χ1) is 44.1. The number of esters is 1. The third kappa shape index (κ3) is 59.8. The Morgan fingerprint density at radius 1 is 0.341 bits per heavy atom. The molecule has 0 fully saturated rings. The van der Waals surface area contributed by atoms with Gasteiger partial charge in [0.1, 0.15) is 28.7 Å². The van der Waals surface area contributed by atoms with Gasteiger partial charge in [0, 0.05) is 11.2 Å². The molecule has 8 aromatic rings. The first-order valence-corrected chi connectivity index (χ1v) is 35.2. The van der Waals surface area contributed by atoms with Gasteiger partial charge >= 0.3 is 65.7 Å². The average Bonchev–Trinajstić information content (AvgIpc) is 3.49. The molecule has 0 heterocycles. The molecule has 18 nitrogen and oxygen atoms in total. The van der Waals surface area contributed by atoms with Crippen LogP contribution >= 0.6 is 68.2 Å². The van der Waals surface area contributed by atoms with Crippen LogP contribution in [0.1, 0.15) is 100 Å². The number of benzene rings is 8. The van der Waals surface area contributed by atoms with Crippen LogP contribution in [0, 0.1) is 0 Å². The van der Waals surface area contributed by atoms with E-state index in [1.165, 1.54) is 31.4 Å². The van der Waals surface area contributed by atoms with Crippen LogP contribution in [0.2, 0.25) is 0 Å². The van der Waals surface area contributed by atoms with E-state index in [4.69, 9.17) is 18.1 Å². The van der Waals surface area contributed by atoms with Crippen molar-refractivity contribution in [2.45, 2.75) is 90.0 Å². The van der Waals surface area contributed by atoms with Crippen LogP contribution in [-0.2, 0) is 41.3 Å². The van der Waals surface area contributed by atoms with E-state index in [1.807, 2.05) is 191 Å². The lowest BCUT2D eigenvalue weighted by molar-refractivity contribution is 0.0600. The van der Waals surface area contributed by atoms with Crippen molar-refractivity contribution < 1.29 is 82.2 Å². The summed E-state index contributed by atoms with van der Waals surface area (Å²) in [6, 6.07) is 69.2. The van der Waals surface area contributed by atoms with E-state index in [-0.39, 0.29) is 50.6 Å². The predicted molar refractivity (Wildman–Crippen MR) is 373 cm³/mol. The minimum Gasteiger partial charge on any atom is -0.465 e. The highest BCUT2D eigenvalue weighted by atomic mass is 31.1. The Balaban J connectivity index is -0.000000226. The smallest absolute Gasteiger partial charge is 0.465 e. The van der Waals surface area contributed by atoms with Crippen LogP contribution < -0.4 is 36.2 Å². The number of hydrogen-bond acceptors (Lipinski definition) is 18. The zero-order valence-electron chi connectivity index (χ0n) is 52.9. The summed E-state index contributed by atoms with van der Waals surface area (Å²) in [7, 11) is -3.85. The number of rotatable bonds is 19. The lowest BCUT2D eigenvalue weighted by atomic mass is 10.2. The van der Waals surface area contributed by atoms with E-state index in [0.29, 0.717) is 57.7 Å². The summed E-state index contributed by atoms with van der Waals surface area (Å²) in [5, 5.41) is 0. The molecule has 0 radical (unpaired) electrons. The highest BCUT2D eigenvalue weighted by molar-refractivity contribution is 7.39. The fraction of sp³-hybridized carbons (Fsp3) is 0.246. The molecule has 8 aromatic carbocycles. The number of hydrogen-bond donors (Lipinski definition) is 0. The molecule has 0 aliphatic rings. The van der Waals surface area contributed by atoms with E-state index >= 15 is 0 Å². The largest absolute Gasteiger partial charge is 0.805 e. The predicted octanol–water partition coefficient (Wildman–Crippen LogP) is 24.8. The molecule has 0 saturated carbocycles. The molecule has 91 heavy (non-hydrogen) atoms. The molecule has 0 aliphatic heterocycles. The van der Waals surface area contributed by atoms with Gasteiger partial charge in [0.15, 0.2) is 31.9 Å². The van der Waals surface area contributed by atoms with Gasteiger partial charge in [-0.15, -0.1) is 0 Å². The lowest BCUT2D eigenvalue weighted by Crippen LogP contribution is -1.99. The molecule has 0 spiro atoms. The lowest BCUT2D eigenvalue weighted by Gasteiger charge is -1.99. The summed E-state index contributed by atoms with van der Waals surface area (Å²) in [6.45, 7) is 23.5. The number of para-hydroxylation sites is 7. The van der Waals surface area contributed by atoms with Crippen LogP contribution in [0.25, 0.3) is 0 Å². The molecule has 8 rings (SSSR count). The third-order valence-corrected chi connectivity index (χ3v) is 11.5. The van der Waals surface area contributed by atoms with Crippen molar-refractivity contribution in [3.63, 3.8) is 0 Å². The quantitative estimate of drug-likeness (QED) is 0.0540. The summed E-state index contributed by atoms with van der Waals surface area (Å²) in [5.74, 6) is 4.24. The van der Waals surface area contributed by atoms with Crippen molar-refractivity contribution >= 4 is 74.1 Å². The Morgan fingerprint density at radius 2 is 0.538 bits per heavy atom. The Kier molecular flexibility index (Phi) is 79.7. The van der Waals surface area contributed by atoms with Gasteiger partial charge in [-0.05, 0) is 120 Å². The van der Waals surface area contributed by atoms with Gasteiger partial charge in [-0.25, -0.2) is 36.7 Å². The second-order valence-electron chi connectivity index (χ2n) is 13.8. The Hall–Kier alpha value is -7.57. The number of ether oxygens (including phenoxy) is 1. The third-order valence-electron chi connectivity index (χ3n) is 8.16. The van der Waals surface area contributed by atoms with Crippen LogP contribution in [0.5, 0.6) is 46.0 Å². The van der Waals surface area contributed by atoms with Crippen molar-refractivity contribution in [1.82, 2.24) is 0 Å². The van der Waals surface area contributed by atoms with E-state index in [1.54, 1.807) is 104 Å². The van der Waals surface area contributed by atoms with Crippen molar-refractivity contribution in [2.75, 3.05) is 19.9 Å². The molecule has 0 amide bonds. The van der Waals surface area contributed by atoms with E-state index in [9.17, 15) is 36.7 Å². The summed E-state index contributed by atoms with van der Waals surface area (Å²) >= 11 is 0. The molecule has 0 aromatic heterocycles. The summed E-state index contributed by atoms with van der Waals surface area (Å²) in [6.07, 6.45) is 1.52. The second kappa shape index (κ2) is 76.7. The summed E-state index contributed by atoms with van der Waals surface area (Å²) < 4.78 is 124. The highest BCUT2D eigenvalue weighted by Crippen LogP contribution is 2.30. The zero-order chi connectivity index (χ0) is 68.5. The van der Waals surface area contributed by atoms with Crippen molar-refractivity contribution in [1.29, 1.82) is 0 Å². The molecular formula is C65H86O18P8+2. The van der Waals surface area contributed by atoms with Crippen molar-refractivity contribution in [3.05, 3.63) is 242 Å². The number of carbonyl (C=O) groups excluding carboxylic acids is 1. The van der Waals surface area contributed by atoms with Crippen LogP contribution in [0.3, 0.4) is 0 Å². The fourth-order valence-corrected chi connectivity index (χ4v) is 7.37. The Morgan fingerprint density at radius 3 is 0.736 bits per heavy atom. The maximum Gasteiger partial charge on any atom is 0.805 e. The molecular weight excluding hydrogens is 1320 g/mol. The Labute approximate surface area is 551 Å². The van der Waals surface area contributed by atoms with Crippen LogP contribution in [0.4, 0.5) is 0 Å². The normalized spacial score (nSPS) is 8.74. The van der Waals surface area contributed by atoms with Gasteiger partial charge in [0.2, 0.25) is 0 Å². The molecule has 1 unspecified atom stereocenters. The number of carbonyl (C=O) groups is 1. The molecule has 0 saturated heterocycles. The molecule has 26 heteroatoms. The molecule has 0 bridgehead atoms. The van der Waals surface area contributed by atoms with Crippen LogP contribution in [-0.4, -0.2) is 25.9 Å². The van der Waals surface area contributed by atoms with E-state index < -0.39 is 30.9 Å². The van der Waals surface area contributed by atoms with E-state index in [2.05, 4.69) is 27.4 Å². The monoisotopic (exact) mass is 1400 g/mol. The Bertz CT molecular complexity index is 2680. The van der Waals surface area contributed by atoms with Gasteiger partial charge < -0.3 is 27.4 Å². The zero-order valence-corrected chi connectivity index (χ0v) is 60.0. The van der Waals surface area contributed by atoms with Gasteiger partial charge in [-0.1, -0.05) is 211 Å².